The van der Waals surface area contributed by atoms with Crippen LogP contribution in [0.2, 0.25) is 5.02 Å². The molecule has 0 aliphatic carbocycles. The van der Waals surface area contributed by atoms with Crippen molar-refractivity contribution in [2.45, 2.75) is 19.1 Å². The molecule has 6 heteroatoms. The van der Waals surface area contributed by atoms with Crippen molar-refractivity contribution in [1.82, 2.24) is 14.9 Å². The van der Waals surface area contributed by atoms with Gasteiger partial charge in [0.25, 0.3) is 0 Å². The molecule has 0 saturated carbocycles. The van der Waals surface area contributed by atoms with Gasteiger partial charge in [-0.3, -0.25) is 0 Å². The molecular weight excluding hydrogens is 278 g/mol. The number of methoxy groups -OCH3 is 1. The molecule has 2 aromatic rings. The van der Waals surface area contributed by atoms with Gasteiger partial charge in [-0.25, -0.2) is 4.98 Å². The Hall–Kier alpha value is -1.14. The van der Waals surface area contributed by atoms with Crippen LogP contribution in [0.5, 0.6) is 0 Å². The minimum atomic E-state index is -0.424. The minimum Gasteiger partial charge on any atom is -0.391 e. The lowest BCUT2D eigenvalue weighted by atomic mass is 10.2. The van der Waals surface area contributed by atoms with Crippen molar-refractivity contribution >= 4 is 22.6 Å². The van der Waals surface area contributed by atoms with Gasteiger partial charge < -0.3 is 19.7 Å². The van der Waals surface area contributed by atoms with Gasteiger partial charge in [-0.05, 0) is 31.2 Å². The predicted molar refractivity (Wildman–Crippen MR) is 79.9 cm³/mol. The number of hydrogen-bond donors (Lipinski definition) is 2. The largest absolute Gasteiger partial charge is 0.391 e. The van der Waals surface area contributed by atoms with E-state index >= 15 is 0 Å². The maximum absolute atomic E-state index is 9.55. The van der Waals surface area contributed by atoms with Crippen LogP contribution in [0.4, 0.5) is 0 Å². The van der Waals surface area contributed by atoms with Crippen LogP contribution in [-0.2, 0) is 18.3 Å². The molecule has 0 bridgehead atoms. The highest BCUT2D eigenvalue weighted by Crippen LogP contribution is 2.19. The summed E-state index contributed by atoms with van der Waals surface area (Å²) in [5.74, 6) is 0.948. The second-order valence-corrected chi connectivity index (χ2v) is 5.23. The number of hydrogen-bond acceptors (Lipinski definition) is 4. The third kappa shape index (κ3) is 3.70. The predicted octanol–water partition coefficient (Wildman–Crippen LogP) is 1.71. The lowest BCUT2D eigenvalue weighted by Gasteiger charge is -2.10. The van der Waals surface area contributed by atoms with E-state index in [4.69, 9.17) is 16.3 Å². The Labute approximate surface area is 123 Å². The summed E-state index contributed by atoms with van der Waals surface area (Å²) in [6.07, 6.45) is 0.232. The first-order chi connectivity index (χ1) is 9.61. The molecule has 1 atom stereocenters. The van der Waals surface area contributed by atoms with Crippen LogP contribution in [-0.4, -0.2) is 41.0 Å². The molecule has 0 spiro atoms. The number of ether oxygens (including phenoxy) is 1. The summed E-state index contributed by atoms with van der Waals surface area (Å²) in [5.41, 5.74) is 1.96. The van der Waals surface area contributed by atoms with Crippen molar-refractivity contribution in [1.29, 1.82) is 0 Å². The van der Waals surface area contributed by atoms with E-state index in [1.54, 1.807) is 7.11 Å². The number of imidazole rings is 1. The molecule has 0 radical (unpaired) electrons. The summed E-state index contributed by atoms with van der Waals surface area (Å²) in [7, 11) is 3.57. The van der Waals surface area contributed by atoms with Crippen molar-refractivity contribution in [3.8, 4) is 0 Å². The molecule has 110 valence electrons. The van der Waals surface area contributed by atoms with Gasteiger partial charge in [-0.2, -0.15) is 0 Å². The Kier molecular flexibility index (Phi) is 5.37. The Morgan fingerprint density at radius 1 is 1.50 bits per heavy atom. The number of nitrogens with one attached hydrogen (secondary N) is 1. The normalized spacial score (nSPS) is 13.0. The van der Waals surface area contributed by atoms with Crippen molar-refractivity contribution in [3.63, 3.8) is 0 Å². The second-order valence-electron chi connectivity index (χ2n) is 4.79. The van der Waals surface area contributed by atoms with Crippen molar-refractivity contribution < 1.29 is 9.84 Å². The number of aliphatic hydroxyl groups excluding tert-OH is 1. The highest BCUT2D eigenvalue weighted by molar-refractivity contribution is 6.31. The number of benzene rings is 1. The summed E-state index contributed by atoms with van der Waals surface area (Å²) in [5, 5.41) is 13.5. The highest BCUT2D eigenvalue weighted by atomic mass is 35.5. The first-order valence-corrected chi connectivity index (χ1v) is 6.98. The van der Waals surface area contributed by atoms with Gasteiger partial charge in [0.05, 0.1) is 30.3 Å². The molecule has 20 heavy (non-hydrogen) atoms. The molecule has 0 aliphatic heterocycles. The smallest absolute Gasteiger partial charge is 0.123 e. The van der Waals surface area contributed by atoms with Crippen molar-refractivity contribution in [2.75, 3.05) is 20.3 Å². The average Bonchev–Trinajstić information content (AvgIpc) is 2.71. The topological polar surface area (TPSA) is 59.3 Å². The molecule has 0 saturated heterocycles. The monoisotopic (exact) mass is 297 g/mol. The molecule has 0 aliphatic rings. The third-order valence-electron chi connectivity index (χ3n) is 3.23. The average molecular weight is 298 g/mol. The van der Waals surface area contributed by atoms with Crippen LogP contribution >= 0.6 is 11.6 Å². The Balaban J connectivity index is 1.92. The highest BCUT2D eigenvalue weighted by Gasteiger charge is 2.08. The molecular formula is C14H20ClN3O2. The molecule has 0 fully saturated rings. The van der Waals surface area contributed by atoms with E-state index in [2.05, 4.69) is 10.3 Å². The summed E-state index contributed by atoms with van der Waals surface area (Å²) >= 11 is 5.97. The van der Waals surface area contributed by atoms with Gasteiger partial charge in [0.2, 0.25) is 0 Å². The van der Waals surface area contributed by atoms with Gasteiger partial charge in [-0.15, -0.1) is 0 Å². The SMILES string of the molecule is COCC(O)CCNCc1nc2cc(Cl)ccc2n1C. The zero-order valence-electron chi connectivity index (χ0n) is 11.8. The standard InChI is InChI=1S/C14H20ClN3O2/c1-18-13-4-3-10(15)7-12(13)17-14(18)8-16-6-5-11(19)9-20-2/h3-4,7,11,16,19H,5-6,8-9H2,1-2H3. The van der Waals surface area contributed by atoms with E-state index in [1.807, 2.05) is 29.8 Å². The van der Waals surface area contributed by atoms with Gasteiger partial charge in [0.1, 0.15) is 5.82 Å². The number of aromatic nitrogens is 2. The molecule has 2 rings (SSSR count). The van der Waals surface area contributed by atoms with Crippen LogP contribution in [0.15, 0.2) is 18.2 Å². The molecule has 0 amide bonds. The van der Waals surface area contributed by atoms with Crippen molar-refractivity contribution in [3.05, 3.63) is 29.0 Å². The molecule has 1 aromatic carbocycles. The summed E-state index contributed by atoms with van der Waals surface area (Å²) < 4.78 is 6.93. The minimum absolute atomic E-state index is 0.368. The maximum Gasteiger partial charge on any atom is 0.123 e. The molecule has 5 nitrogen and oxygen atoms in total. The van der Waals surface area contributed by atoms with E-state index in [0.717, 1.165) is 16.9 Å². The summed E-state index contributed by atoms with van der Waals surface area (Å²) in [4.78, 5) is 4.55. The lowest BCUT2D eigenvalue weighted by molar-refractivity contribution is 0.0594. The van der Waals surface area contributed by atoms with E-state index in [0.29, 0.717) is 31.1 Å². The summed E-state index contributed by atoms with van der Waals surface area (Å²) in [6.45, 7) is 1.74. The lowest BCUT2D eigenvalue weighted by Crippen LogP contribution is -2.24. The molecule has 1 unspecified atom stereocenters. The van der Waals surface area contributed by atoms with Gasteiger partial charge in [0.15, 0.2) is 0 Å². The number of fused-ring (bicyclic) bond motifs is 1. The number of aliphatic hydroxyl groups is 1. The molecule has 1 aromatic heterocycles. The molecule has 1 heterocycles. The fraction of sp³-hybridized carbons (Fsp3) is 0.500. The van der Waals surface area contributed by atoms with E-state index < -0.39 is 6.10 Å². The fourth-order valence-corrected chi connectivity index (χ4v) is 2.29. The number of aryl methyl sites for hydroxylation is 1. The fourth-order valence-electron chi connectivity index (χ4n) is 2.13. The van der Waals surface area contributed by atoms with E-state index in [-0.39, 0.29) is 0 Å². The number of nitrogens with zero attached hydrogens (tertiary/aromatic N) is 2. The zero-order valence-corrected chi connectivity index (χ0v) is 12.5. The Morgan fingerprint density at radius 2 is 2.30 bits per heavy atom. The first-order valence-electron chi connectivity index (χ1n) is 6.60. The number of rotatable bonds is 7. The van der Waals surface area contributed by atoms with Gasteiger partial charge in [-0.1, -0.05) is 11.6 Å². The quantitative estimate of drug-likeness (QED) is 0.764. The maximum atomic E-state index is 9.55. The second kappa shape index (κ2) is 7.04. The third-order valence-corrected chi connectivity index (χ3v) is 3.47. The number of halogens is 1. The van der Waals surface area contributed by atoms with Crippen LogP contribution in [0.3, 0.4) is 0 Å². The zero-order chi connectivity index (χ0) is 14.5. The van der Waals surface area contributed by atoms with Crippen molar-refractivity contribution in [2.24, 2.45) is 7.05 Å². The van der Waals surface area contributed by atoms with Crippen LogP contribution < -0.4 is 5.32 Å². The van der Waals surface area contributed by atoms with Gasteiger partial charge in [0, 0.05) is 19.2 Å². The van der Waals surface area contributed by atoms with Crippen LogP contribution in [0.25, 0.3) is 11.0 Å². The molecule has 2 N–H and O–H groups in total. The van der Waals surface area contributed by atoms with Gasteiger partial charge >= 0.3 is 0 Å². The summed E-state index contributed by atoms with van der Waals surface area (Å²) in [6, 6.07) is 5.70. The van der Waals surface area contributed by atoms with E-state index in [1.165, 1.54) is 0 Å². The van der Waals surface area contributed by atoms with Crippen LogP contribution in [0, 0.1) is 0 Å². The van der Waals surface area contributed by atoms with Crippen LogP contribution in [0.1, 0.15) is 12.2 Å². The Bertz CT molecular complexity index is 571. The Morgan fingerprint density at radius 3 is 3.05 bits per heavy atom. The first kappa shape index (κ1) is 15.3. The van der Waals surface area contributed by atoms with E-state index in [9.17, 15) is 5.11 Å².